The molecule has 0 aromatic rings. The van der Waals surface area contributed by atoms with E-state index in [1.54, 1.807) is 0 Å². The van der Waals surface area contributed by atoms with E-state index in [4.69, 9.17) is 5.41 Å². The summed E-state index contributed by atoms with van der Waals surface area (Å²) in [5.41, 5.74) is 0. The highest BCUT2D eigenvalue weighted by atomic mass is 32.2. The first-order valence-corrected chi connectivity index (χ1v) is 4.83. The lowest BCUT2D eigenvalue weighted by Gasteiger charge is -2.16. The Balaban J connectivity index is 3.21. The van der Waals surface area contributed by atoms with Crippen LogP contribution in [0.2, 0.25) is 0 Å². The molecule has 0 atom stereocenters. The fraction of sp³-hybridized carbons (Fsp3) is 0.857. The molecule has 0 fully saturated rings. The van der Waals surface area contributed by atoms with Crippen molar-refractivity contribution < 1.29 is 0 Å². The molecule has 0 bridgehead atoms. The maximum Gasteiger partial charge on any atom is 0.0923 e. The average molecular weight is 160 g/mol. The monoisotopic (exact) mass is 160 g/mol. The van der Waals surface area contributed by atoms with Crippen molar-refractivity contribution in [3.63, 3.8) is 0 Å². The normalized spacial score (nSPS) is 9.50. The van der Waals surface area contributed by atoms with E-state index < -0.39 is 0 Å². The standard InChI is InChI=1S/C7H16N2S/c1-7(8)9(2)5-4-6-10-3/h8H,4-6H2,1-3H3. The Labute approximate surface area is 67.5 Å². The number of hydrogen-bond acceptors (Lipinski definition) is 2. The summed E-state index contributed by atoms with van der Waals surface area (Å²) < 4.78 is 0. The van der Waals surface area contributed by atoms with Crippen molar-refractivity contribution in [2.45, 2.75) is 13.3 Å². The molecule has 0 unspecified atom stereocenters. The van der Waals surface area contributed by atoms with Gasteiger partial charge in [-0.05, 0) is 25.4 Å². The van der Waals surface area contributed by atoms with Crippen molar-refractivity contribution in [2.75, 3.05) is 25.6 Å². The van der Waals surface area contributed by atoms with Crippen molar-refractivity contribution >= 4 is 17.6 Å². The summed E-state index contributed by atoms with van der Waals surface area (Å²) >= 11 is 1.86. The molecular weight excluding hydrogens is 144 g/mol. The van der Waals surface area contributed by atoms with Gasteiger partial charge in [-0.3, -0.25) is 5.41 Å². The molecule has 0 saturated heterocycles. The minimum absolute atomic E-state index is 0.654. The lowest BCUT2D eigenvalue weighted by Crippen LogP contribution is -2.24. The molecule has 3 heteroatoms. The molecule has 0 heterocycles. The molecule has 0 aromatic heterocycles. The van der Waals surface area contributed by atoms with Crippen molar-refractivity contribution in [3.05, 3.63) is 0 Å². The molecule has 2 nitrogen and oxygen atoms in total. The lowest BCUT2D eigenvalue weighted by molar-refractivity contribution is 0.497. The van der Waals surface area contributed by atoms with Crippen molar-refractivity contribution in [1.82, 2.24) is 4.90 Å². The first-order valence-electron chi connectivity index (χ1n) is 3.43. The Kier molecular flexibility index (Phi) is 5.49. The van der Waals surface area contributed by atoms with Crippen molar-refractivity contribution in [2.24, 2.45) is 0 Å². The van der Waals surface area contributed by atoms with Crippen LogP contribution in [0.25, 0.3) is 0 Å². The van der Waals surface area contributed by atoms with Gasteiger partial charge in [0.1, 0.15) is 0 Å². The highest BCUT2D eigenvalue weighted by molar-refractivity contribution is 7.98. The summed E-state index contributed by atoms with van der Waals surface area (Å²) in [6.07, 6.45) is 3.28. The Bertz CT molecular complexity index is 104. The summed E-state index contributed by atoms with van der Waals surface area (Å²) in [6.45, 7) is 2.83. The maximum atomic E-state index is 7.25. The van der Waals surface area contributed by atoms with E-state index in [9.17, 15) is 0 Å². The van der Waals surface area contributed by atoms with Gasteiger partial charge in [0.15, 0.2) is 0 Å². The van der Waals surface area contributed by atoms with Gasteiger partial charge < -0.3 is 4.90 Å². The second kappa shape index (κ2) is 5.59. The van der Waals surface area contributed by atoms with Gasteiger partial charge in [0.05, 0.1) is 5.84 Å². The molecule has 0 amide bonds. The SMILES string of the molecule is CSCCCN(C)C(C)=N. The van der Waals surface area contributed by atoms with Crippen LogP contribution in [0.4, 0.5) is 0 Å². The van der Waals surface area contributed by atoms with Crippen LogP contribution in [0.5, 0.6) is 0 Å². The van der Waals surface area contributed by atoms with Gasteiger partial charge in [-0.25, -0.2) is 0 Å². The van der Waals surface area contributed by atoms with Gasteiger partial charge in [-0.1, -0.05) is 0 Å². The van der Waals surface area contributed by atoms with Crippen molar-refractivity contribution in [1.29, 1.82) is 5.41 Å². The average Bonchev–Trinajstić information content (AvgIpc) is 1.88. The molecule has 0 saturated carbocycles. The summed E-state index contributed by atoms with van der Waals surface area (Å²) in [5.74, 6) is 1.85. The second-order valence-corrected chi connectivity index (χ2v) is 3.34. The van der Waals surface area contributed by atoms with E-state index in [1.807, 2.05) is 30.6 Å². The van der Waals surface area contributed by atoms with Crippen molar-refractivity contribution in [3.8, 4) is 0 Å². The number of nitrogens with one attached hydrogen (secondary N) is 1. The number of nitrogens with zero attached hydrogens (tertiary/aromatic N) is 1. The summed E-state index contributed by atoms with van der Waals surface area (Å²) in [7, 11) is 1.96. The second-order valence-electron chi connectivity index (χ2n) is 2.35. The predicted octanol–water partition coefficient (Wildman–Crippen LogP) is 1.67. The molecule has 0 radical (unpaired) electrons. The third kappa shape index (κ3) is 4.68. The minimum Gasteiger partial charge on any atom is -0.364 e. The van der Waals surface area contributed by atoms with E-state index in [0.717, 1.165) is 6.54 Å². The first kappa shape index (κ1) is 9.82. The van der Waals surface area contributed by atoms with Crippen LogP contribution in [-0.4, -0.2) is 36.3 Å². The van der Waals surface area contributed by atoms with Gasteiger partial charge in [0.2, 0.25) is 0 Å². The highest BCUT2D eigenvalue weighted by Crippen LogP contribution is 1.96. The number of hydrogen-bond donors (Lipinski definition) is 1. The van der Waals surface area contributed by atoms with Crippen LogP contribution in [0.15, 0.2) is 0 Å². The zero-order chi connectivity index (χ0) is 7.98. The Hall–Kier alpha value is -0.180. The number of amidine groups is 1. The molecule has 0 aromatic carbocycles. The first-order chi connectivity index (χ1) is 4.68. The molecule has 0 spiro atoms. The predicted molar refractivity (Wildman–Crippen MR) is 49.0 cm³/mol. The molecule has 0 aliphatic rings. The molecule has 0 aliphatic carbocycles. The van der Waals surface area contributed by atoms with E-state index in [-0.39, 0.29) is 0 Å². The molecule has 10 heavy (non-hydrogen) atoms. The maximum absolute atomic E-state index is 7.25. The van der Waals surface area contributed by atoms with E-state index >= 15 is 0 Å². The third-order valence-electron chi connectivity index (χ3n) is 1.41. The van der Waals surface area contributed by atoms with Crippen LogP contribution in [0, 0.1) is 5.41 Å². The molecule has 0 rings (SSSR count). The fourth-order valence-electron chi connectivity index (χ4n) is 0.614. The Morgan fingerprint density at radius 3 is 2.60 bits per heavy atom. The largest absolute Gasteiger partial charge is 0.364 e. The molecule has 1 N–H and O–H groups in total. The topological polar surface area (TPSA) is 27.1 Å². The van der Waals surface area contributed by atoms with Gasteiger partial charge in [0.25, 0.3) is 0 Å². The van der Waals surface area contributed by atoms with Gasteiger partial charge in [-0.15, -0.1) is 0 Å². The van der Waals surface area contributed by atoms with Crippen LogP contribution >= 0.6 is 11.8 Å². The number of rotatable bonds is 4. The zero-order valence-electron chi connectivity index (χ0n) is 6.98. The minimum atomic E-state index is 0.654. The van der Waals surface area contributed by atoms with E-state index in [1.165, 1.54) is 12.2 Å². The number of thioether (sulfide) groups is 1. The molecule has 0 aliphatic heterocycles. The molecule has 60 valence electrons. The van der Waals surface area contributed by atoms with Gasteiger partial charge in [0, 0.05) is 13.6 Å². The summed E-state index contributed by atoms with van der Waals surface area (Å²) in [5, 5.41) is 7.25. The van der Waals surface area contributed by atoms with Gasteiger partial charge >= 0.3 is 0 Å². The van der Waals surface area contributed by atoms with E-state index in [2.05, 4.69) is 6.26 Å². The Morgan fingerprint density at radius 2 is 2.20 bits per heavy atom. The zero-order valence-corrected chi connectivity index (χ0v) is 7.79. The van der Waals surface area contributed by atoms with E-state index in [0.29, 0.717) is 5.84 Å². The van der Waals surface area contributed by atoms with Crippen LogP contribution in [-0.2, 0) is 0 Å². The van der Waals surface area contributed by atoms with Crippen LogP contribution in [0.1, 0.15) is 13.3 Å². The fourth-order valence-corrected chi connectivity index (χ4v) is 1.03. The van der Waals surface area contributed by atoms with Crippen LogP contribution < -0.4 is 0 Å². The quantitative estimate of drug-likeness (QED) is 0.385. The molecular formula is C7H16N2S. The van der Waals surface area contributed by atoms with Gasteiger partial charge in [-0.2, -0.15) is 11.8 Å². The Morgan fingerprint density at radius 1 is 1.60 bits per heavy atom. The summed E-state index contributed by atoms with van der Waals surface area (Å²) in [6, 6.07) is 0. The third-order valence-corrected chi connectivity index (χ3v) is 2.11. The van der Waals surface area contributed by atoms with Crippen LogP contribution in [0.3, 0.4) is 0 Å². The lowest BCUT2D eigenvalue weighted by atomic mass is 10.4. The summed E-state index contributed by atoms with van der Waals surface area (Å²) in [4.78, 5) is 1.97. The smallest absolute Gasteiger partial charge is 0.0923 e. The highest BCUT2D eigenvalue weighted by Gasteiger charge is 1.95.